The van der Waals surface area contributed by atoms with Gasteiger partial charge in [0, 0.05) is 37.3 Å². The molecule has 0 aliphatic carbocycles. The summed E-state index contributed by atoms with van der Waals surface area (Å²) in [6, 6.07) is 34.2. The minimum absolute atomic E-state index is 0.0134. The number of para-hydroxylation sites is 2. The van der Waals surface area contributed by atoms with E-state index in [2.05, 4.69) is 29.7 Å². The number of aromatic nitrogens is 8. The molecule has 2 saturated heterocycles. The number of rotatable bonds is 12. The van der Waals surface area contributed by atoms with Crippen LogP contribution in [0.4, 0.5) is 11.6 Å². The highest BCUT2D eigenvalue weighted by Crippen LogP contribution is 2.38. The summed E-state index contributed by atoms with van der Waals surface area (Å²) in [5.41, 5.74) is 17.3. The number of hydrogen-bond acceptors (Lipinski definition) is 13. The first-order valence-electron chi connectivity index (χ1n) is 19.9. The molecule has 4 N–H and O–H groups in total. The topological polar surface area (TPSA) is 181 Å². The van der Waals surface area contributed by atoms with Gasteiger partial charge in [-0.05, 0) is 86.6 Å². The molecule has 15 heteroatoms. The van der Waals surface area contributed by atoms with Gasteiger partial charge in [0.25, 0.3) is 0 Å². The van der Waals surface area contributed by atoms with E-state index < -0.39 is 0 Å². The number of carbonyl (C=O) groups is 1. The molecule has 0 radical (unpaired) electrons. The Bertz CT molecular complexity index is 2630. The smallest absolute Gasteiger partial charge is 0.166 e. The maximum absolute atomic E-state index is 14.0. The van der Waals surface area contributed by atoms with E-state index in [4.69, 9.17) is 31.1 Å². The van der Waals surface area contributed by atoms with Crippen LogP contribution in [0.15, 0.2) is 122 Å². The van der Waals surface area contributed by atoms with E-state index in [9.17, 15) is 4.79 Å². The number of benzene rings is 4. The van der Waals surface area contributed by atoms with Crippen LogP contribution < -0.4 is 20.9 Å². The van der Waals surface area contributed by atoms with Crippen LogP contribution in [0.3, 0.4) is 0 Å². The van der Waals surface area contributed by atoms with E-state index >= 15 is 0 Å². The van der Waals surface area contributed by atoms with Crippen LogP contribution in [-0.2, 0) is 4.79 Å². The van der Waals surface area contributed by atoms with Gasteiger partial charge in [-0.3, -0.25) is 14.6 Å². The van der Waals surface area contributed by atoms with Crippen LogP contribution in [-0.4, -0.2) is 93.3 Å². The van der Waals surface area contributed by atoms with Crippen LogP contribution in [0.25, 0.3) is 44.6 Å². The molecule has 2 fully saturated rings. The minimum atomic E-state index is -0.285. The molecule has 4 aromatic heterocycles. The van der Waals surface area contributed by atoms with Gasteiger partial charge >= 0.3 is 0 Å². The largest absolute Gasteiger partial charge is 0.457 e. The Morgan fingerprint density at radius 1 is 0.550 bits per heavy atom. The molecule has 6 heterocycles. The lowest BCUT2D eigenvalue weighted by atomic mass is 9.96. The van der Waals surface area contributed by atoms with Gasteiger partial charge in [0.1, 0.15) is 58.7 Å². The third-order valence-corrected chi connectivity index (χ3v) is 11.6. The summed E-state index contributed by atoms with van der Waals surface area (Å²) in [6.45, 7) is 6.57. The lowest BCUT2D eigenvalue weighted by Crippen LogP contribution is -2.60. The van der Waals surface area contributed by atoms with Crippen molar-refractivity contribution < 1.29 is 14.3 Å². The number of fused-ring (bicyclic) bond motifs is 2. The number of ether oxygens (including phenoxy) is 2. The maximum atomic E-state index is 14.0. The molecule has 2 atom stereocenters. The fourth-order valence-electron chi connectivity index (χ4n) is 8.14. The van der Waals surface area contributed by atoms with E-state index in [0.29, 0.717) is 82.8 Å². The van der Waals surface area contributed by atoms with E-state index in [1.165, 1.54) is 12.7 Å². The first-order valence-corrected chi connectivity index (χ1v) is 19.9. The van der Waals surface area contributed by atoms with Crippen molar-refractivity contribution in [3.05, 3.63) is 122 Å². The SMILES string of the molecule is CC(C(=O)C(C)N1CC(n2nc(-c3ccc(Oc4ccccc4)cc3)c3c(N)ncnc32)C1)N1CC(n2nc(-c3ccc(Oc4ccccc4)cc3)c3c(N)ncnc32)C1. The summed E-state index contributed by atoms with van der Waals surface area (Å²) in [4.78, 5) is 36.1. The molecule has 0 bridgehead atoms. The zero-order chi connectivity index (χ0) is 40.9. The third-order valence-electron chi connectivity index (χ3n) is 11.6. The summed E-state index contributed by atoms with van der Waals surface area (Å²) in [5, 5.41) is 11.5. The van der Waals surface area contributed by atoms with Crippen LogP contribution in [0, 0.1) is 0 Å². The van der Waals surface area contributed by atoms with E-state index in [0.717, 1.165) is 22.6 Å². The lowest BCUT2D eigenvalue weighted by molar-refractivity contribution is -0.133. The molecule has 2 aliphatic rings. The van der Waals surface area contributed by atoms with Crippen LogP contribution in [0.2, 0.25) is 0 Å². The third kappa shape index (κ3) is 6.72. The average molecular weight is 799 g/mol. The zero-order valence-corrected chi connectivity index (χ0v) is 33.0. The van der Waals surface area contributed by atoms with Crippen molar-refractivity contribution in [2.24, 2.45) is 0 Å². The standard InChI is InChI=1S/C45H42N12O3/c1-27(54-21-31(22-54)56-44-37(42(46)48-25-50-44)39(52-56)29-13-17-35(18-14-29)59-33-9-5-3-6-10-33)41(58)28(2)55-23-32(24-55)57-45-38(43(47)49-26-51-45)40(53-57)30-15-19-36(20-16-30)60-34-11-7-4-8-12-34/h3-20,25-28,31-32H,21-24H2,1-2H3,(H2,46,48,50)(H2,47,49,51). The molecule has 2 unspecified atom stereocenters. The summed E-state index contributed by atoms with van der Waals surface area (Å²) >= 11 is 0. The fraction of sp³-hybridized carbons (Fsp3) is 0.222. The second-order valence-electron chi connectivity index (χ2n) is 15.4. The monoisotopic (exact) mass is 798 g/mol. The summed E-state index contributed by atoms with van der Waals surface area (Å²) in [5.74, 6) is 3.84. The fourth-order valence-corrected chi connectivity index (χ4v) is 8.14. The minimum Gasteiger partial charge on any atom is -0.457 e. The van der Waals surface area contributed by atoms with Gasteiger partial charge in [-0.25, -0.2) is 29.3 Å². The van der Waals surface area contributed by atoms with Crippen molar-refractivity contribution in [3.63, 3.8) is 0 Å². The van der Waals surface area contributed by atoms with Gasteiger partial charge in [0.2, 0.25) is 0 Å². The van der Waals surface area contributed by atoms with E-state index in [-0.39, 0.29) is 30.0 Å². The summed E-state index contributed by atoms with van der Waals surface area (Å²) < 4.78 is 15.9. The van der Waals surface area contributed by atoms with Crippen molar-refractivity contribution in [2.75, 3.05) is 37.6 Å². The first kappa shape index (κ1) is 37.1. The Labute approximate surface area is 345 Å². The second-order valence-corrected chi connectivity index (χ2v) is 15.4. The number of nitrogens with zero attached hydrogens (tertiary/aromatic N) is 10. The Kier molecular flexibility index (Phi) is 9.38. The normalized spacial score (nSPS) is 16.0. The van der Waals surface area contributed by atoms with Gasteiger partial charge < -0.3 is 20.9 Å². The van der Waals surface area contributed by atoms with Gasteiger partial charge in [0.15, 0.2) is 17.1 Å². The van der Waals surface area contributed by atoms with Crippen molar-refractivity contribution in [1.82, 2.24) is 49.3 Å². The van der Waals surface area contributed by atoms with Crippen LogP contribution in [0.5, 0.6) is 23.0 Å². The number of carbonyl (C=O) groups excluding carboxylic acids is 1. The van der Waals surface area contributed by atoms with Crippen LogP contribution >= 0.6 is 0 Å². The van der Waals surface area contributed by atoms with Crippen molar-refractivity contribution in [1.29, 1.82) is 0 Å². The molecule has 300 valence electrons. The zero-order valence-electron chi connectivity index (χ0n) is 33.0. The molecule has 4 aromatic carbocycles. The average Bonchev–Trinajstić information content (AvgIpc) is 3.82. The molecular weight excluding hydrogens is 757 g/mol. The molecule has 0 saturated carbocycles. The highest BCUT2D eigenvalue weighted by atomic mass is 16.5. The molecule has 0 amide bonds. The Balaban J connectivity index is 0.796. The Hall–Kier alpha value is -7.23. The van der Waals surface area contributed by atoms with E-state index in [1.807, 2.05) is 132 Å². The van der Waals surface area contributed by atoms with Crippen LogP contribution in [0.1, 0.15) is 25.9 Å². The highest BCUT2D eigenvalue weighted by molar-refractivity contribution is 5.99. The number of likely N-dealkylation sites (tertiary alicyclic amines) is 2. The predicted octanol–water partition coefficient (Wildman–Crippen LogP) is 6.81. The number of ketones is 1. The number of nitrogen functional groups attached to an aromatic ring is 2. The van der Waals surface area contributed by atoms with Gasteiger partial charge in [-0.15, -0.1) is 0 Å². The van der Waals surface area contributed by atoms with Gasteiger partial charge in [-0.2, -0.15) is 10.2 Å². The Morgan fingerprint density at radius 2 is 0.917 bits per heavy atom. The predicted molar refractivity (Wildman–Crippen MR) is 229 cm³/mol. The quantitative estimate of drug-likeness (QED) is 0.132. The first-order chi connectivity index (χ1) is 29.3. The molecule has 2 aliphatic heterocycles. The molecule has 0 spiro atoms. The number of anilines is 2. The molecule has 60 heavy (non-hydrogen) atoms. The van der Waals surface area contributed by atoms with E-state index in [1.54, 1.807) is 0 Å². The molecule has 15 nitrogen and oxygen atoms in total. The number of nitrogens with two attached hydrogens (primary N) is 2. The second kappa shape index (κ2) is 15.2. The van der Waals surface area contributed by atoms with Gasteiger partial charge in [0.05, 0.1) is 34.9 Å². The summed E-state index contributed by atoms with van der Waals surface area (Å²) in [7, 11) is 0. The Morgan fingerprint density at radius 3 is 1.30 bits per heavy atom. The van der Waals surface area contributed by atoms with Crippen molar-refractivity contribution in [2.45, 2.75) is 38.0 Å². The summed E-state index contributed by atoms with van der Waals surface area (Å²) in [6.07, 6.45) is 2.94. The van der Waals surface area contributed by atoms with Crippen molar-refractivity contribution >= 4 is 39.5 Å². The molecular formula is C45H42N12O3. The van der Waals surface area contributed by atoms with Crippen molar-refractivity contribution in [3.8, 4) is 45.5 Å². The highest BCUT2D eigenvalue weighted by Gasteiger charge is 2.42. The molecule has 8 aromatic rings. The lowest BCUT2D eigenvalue weighted by Gasteiger charge is -2.46. The number of Topliss-reactive ketones (excluding diaryl/α,β-unsaturated/α-hetero) is 1. The molecule has 10 rings (SSSR count). The van der Waals surface area contributed by atoms with Gasteiger partial charge in [-0.1, -0.05) is 36.4 Å². The number of hydrogen-bond donors (Lipinski definition) is 2. The maximum Gasteiger partial charge on any atom is 0.166 e.